The first-order valence-corrected chi connectivity index (χ1v) is 3.18. The standard InChI is InChI=1S/C6H7F3N2O/c1-12-6-4(7)2-10-11(6)3-5(8)9/h2,5H,3H2,1H3. The molecule has 12 heavy (non-hydrogen) atoms. The van der Waals surface area contributed by atoms with Crippen LogP contribution in [0, 0.1) is 5.82 Å². The van der Waals surface area contributed by atoms with E-state index in [1.165, 1.54) is 7.11 Å². The Labute approximate surface area is 66.7 Å². The van der Waals surface area contributed by atoms with Crippen molar-refractivity contribution >= 4 is 0 Å². The molecular weight excluding hydrogens is 173 g/mol. The minimum absolute atomic E-state index is 0.268. The Morgan fingerprint density at radius 1 is 1.67 bits per heavy atom. The Hall–Kier alpha value is -1.20. The Balaban J connectivity index is 2.84. The van der Waals surface area contributed by atoms with E-state index >= 15 is 0 Å². The van der Waals surface area contributed by atoms with Gasteiger partial charge in [0.1, 0.15) is 6.54 Å². The molecule has 0 radical (unpaired) electrons. The summed E-state index contributed by atoms with van der Waals surface area (Å²) >= 11 is 0. The van der Waals surface area contributed by atoms with E-state index in [2.05, 4.69) is 9.84 Å². The van der Waals surface area contributed by atoms with Crippen LogP contribution in [-0.4, -0.2) is 23.3 Å². The van der Waals surface area contributed by atoms with Gasteiger partial charge in [-0.15, -0.1) is 0 Å². The number of aromatic nitrogens is 2. The van der Waals surface area contributed by atoms with Crippen LogP contribution in [0.5, 0.6) is 5.88 Å². The van der Waals surface area contributed by atoms with Crippen molar-refractivity contribution in [3.05, 3.63) is 12.0 Å². The molecule has 0 aliphatic heterocycles. The molecule has 0 unspecified atom stereocenters. The highest BCUT2D eigenvalue weighted by molar-refractivity contribution is 5.10. The minimum Gasteiger partial charge on any atom is -0.479 e. The molecule has 6 heteroatoms. The molecule has 0 saturated heterocycles. The Morgan fingerprint density at radius 3 is 2.83 bits per heavy atom. The molecule has 68 valence electrons. The highest BCUT2D eigenvalue weighted by Gasteiger charge is 2.14. The van der Waals surface area contributed by atoms with Gasteiger partial charge in [0.15, 0.2) is 0 Å². The smallest absolute Gasteiger partial charge is 0.258 e. The van der Waals surface area contributed by atoms with Gasteiger partial charge >= 0.3 is 0 Å². The molecule has 0 N–H and O–H groups in total. The molecule has 1 aromatic heterocycles. The zero-order valence-electron chi connectivity index (χ0n) is 6.30. The SMILES string of the molecule is COc1c(F)cnn1CC(F)F. The van der Waals surface area contributed by atoms with Crippen LogP contribution in [0.3, 0.4) is 0 Å². The van der Waals surface area contributed by atoms with E-state index in [1.54, 1.807) is 0 Å². The number of methoxy groups -OCH3 is 1. The normalized spacial score (nSPS) is 10.8. The van der Waals surface area contributed by atoms with Crippen LogP contribution in [0.2, 0.25) is 0 Å². The van der Waals surface area contributed by atoms with Crippen LogP contribution in [0.1, 0.15) is 0 Å². The van der Waals surface area contributed by atoms with Gasteiger partial charge in [-0.1, -0.05) is 0 Å². The van der Waals surface area contributed by atoms with Crippen molar-refractivity contribution < 1.29 is 17.9 Å². The summed E-state index contributed by atoms with van der Waals surface area (Å²) in [7, 11) is 1.20. The number of hydrogen-bond acceptors (Lipinski definition) is 2. The number of ether oxygens (including phenoxy) is 1. The van der Waals surface area contributed by atoms with Gasteiger partial charge in [0.05, 0.1) is 13.3 Å². The molecule has 3 nitrogen and oxygen atoms in total. The molecule has 0 aromatic carbocycles. The highest BCUT2D eigenvalue weighted by Crippen LogP contribution is 2.16. The van der Waals surface area contributed by atoms with Gasteiger partial charge in [0, 0.05) is 0 Å². The van der Waals surface area contributed by atoms with Gasteiger partial charge < -0.3 is 4.74 Å². The van der Waals surface area contributed by atoms with Gasteiger partial charge in [-0.2, -0.15) is 9.49 Å². The molecule has 0 spiro atoms. The number of nitrogens with zero attached hydrogens (tertiary/aromatic N) is 2. The maximum Gasteiger partial charge on any atom is 0.258 e. The fourth-order valence-corrected chi connectivity index (χ4v) is 0.815. The Bertz CT molecular complexity index is 261. The summed E-state index contributed by atoms with van der Waals surface area (Å²) in [4.78, 5) is 0. The van der Waals surface area contributed by atoms with Crippen LogP contribution in [-0.2, 0) is 6.54 Å². The van der Waals surface area contributed by atoms with E-state index in [-0.39, 0.29) is 5.88 Å². The number of rotatable bonds is 3. The molecule has 0 bridgehead atoms. The van der Waals surface area contributed by atoms with E-state index < -0.39 is 18.8 Å². The number of alkyl halides is 2. The van der Waals surface area contributed by atoms with E-state index in [0.29, 0.717) is 0 Å². The summed E-state index contributed by atoms with van der Waals surface area (Å²) in [5, 5.41) is 3.36. The lowest BCUT2D eigenvalue weighted by Gasteiger charge is -2.04. The molecule has 1 rings (SSSR count). The third-order valence-corrected chi connectivity index (χ3v) is 1.25. The molecule has 0 fully saturated rings. The molecule has 0 amide bonds. The van der Waals surface area contributed by atoms with Crippen molar-refractivity contribution in [1.29, 1.82) is 0 Å². The zero-order valence-corrected chi connectivity index (χ0v) is 6.30. The summed E-state index contributed by atoms with van der Waals surface area (Å²) in [6, 6.07) is 0. The number of halogens is 3. The third-order valence-electron chi connectivity index (χ3n) is 1.25. The second-order valence-corrected chi connectivity index (χ2v) is 2.07. The van der Waals surface area contributed by atoms with Gasteiger partial charge in [0.2, 0.25) is 11.7 Å². The summed E-state index contributed by atoms with van der Waals surface area (Å²) in [6.45, 7) is -0.660. The molecule has 0 atom stereocenters. The number of hydrogen-bond donors (Lipinski definition) is 0. The predicted molar refractivity (Wildman–Crippen MR) is 34.7 cm³/mol. The van der Waals surface area contributed by atoms with Crippen LogP contribution < -0.4 is 4.74 Å². The van der Waals surface area contributed by atoms with Crippen LogP contribution >= 0.6 is 0 Å². The lowest BCUT2D eigenvalue weighted by atomic mass is 10.6. The molecule has 1 heterocycles. The molecule has 0 saturated carbocycles. The topological polar surface area (TPSA) is 27.1 Å². The average molecular weight is 180 g/mol. The van der Waals surface area contributed by atoms with Crippen molar-refractivity contribution in [2.45, 2.75) is 13.0 Å². The first-order valence-electron chi connectivity index (χ1n) is 3.18. The summed E-state index contributed by atoms with van der Waals surface area (Å²) < 4.78 is 41.5. The first-order chi connectivity index (χ1) is 5.65. The summed E-state index contributed by atoms with van der Waals surface area (Å²) in [6.07, 6.45) is -1.74. The van der Waals surface area contributed by atoms with Crippen LogP contribution in [0.4, 0.5) is 13.2 Å². The van der Waals surface area contributed by atoms with E-state index in [9.17, 15) is 13.2 Å². The maximum atomic E-state index is 12.6. The quantitative estimate of drug-likeness (QED) is 0.700. The second-order valence-electron chi connectivity index (χ2n) is 2.07. The predicted octanol–water partition coefficient (Wildman–Crippen LogP) is 1.30. The van der Waals surface area contributed by atoms with Crippen molar-refractivity contribution in [3.8, 4) is 5.88 Å². The van der Waals surface area contributed by atoms with E-state index in [0.717, 1.165) is 10.9 Å². The molecule has 0 aliphatic carbocycles. The molecular formula is C6H7F3N2O. The summed E-state index contributed by atoms with van der Waals surface area (Å²) in [5.41, 5.74) is 0. The van der Waals surface area contributed by atoms with Crippen LogP contribution in [0.25, 0.3) is 0 Å². The monoisotopic (exact) mass is 180 g/mol. The lowest BCUT2D eigenvalue weighted by Crippen LogP contribution is -2.09. The van der Waals surface area contributed by atoms with E-state index in [4.69, 9.17) is 0 Å². The fourth-order valence-electron chi connectivity index (χ4n) is 0.815. The van der Waals surface area contributed by atoms with Crippen molar-refractivity contribution in [1.82, 2.24) is 9.78 Å². The first kappa shape index (κ1) is 8.89. The maximum absolute atomic E-state index is 12.6. The van der Waals surface area contributed by atoms with Gasteiger partial charge in [-0.05, 0) is 0 Å². The highest BCUT2D eigenvalue weighted by atomic mass is 19.3. The van der Waals surface area contributed by atoms with Gasteiger partial charge in [-0.3, -0.25) is 0 Å². The third kappa shape index (κ3) is 1.69. The largest absolute Gasteiger partial charge is 0.479 e. The van der Waals surface area contributed by atoms with Gasteiger partial charge in [-0.25, -0.2) is 13.5 Å². The van der Waals surface area contributed by atoms with Crippen molar-refractivity contribution in [2.24, 2.45) is 0 Å². The van der Waals surface area contributed by atoms with Crippen molar-refractivity contribution in [2.75, 3.05) is 7.11 Å². The fraction of sp³-hybridized carbons (Fsp3) is 0.500. The Kier molecular flexibility index (Phi) is 2.57. The van der Waals surface area contributed by atoms with Crippen LogP contribution in [0.15, 0.2) is 6.20 Å². The average Bonchev–Trinajstić information content (AvgIpc) is 2.30. The van der Waals surface area contributed by atoms with Gasteiger partial charge in [0.25, 0.3) is 6.43 Å². The molecule has 1 aromatic rings. The second kappa shape index (κ2) is 3.46. The zero-order chi connectivity index (χ0) is 9.14. The molecule has 0 aliphatic rings. The summed E-state index contributed by atoms with van der Waals surface area (Å²) in [5.74, 6) is -1.01. The van der Waals surface area contributed by atoms with Crippen molar-refractivity contribution in [3.63, 3.8) is 0 Å². The minimum atomic E-state index is -2.57. The van der Waals surface area contributed by atoms with E-state index in [1.807, 2.05) is 0 Å². The Morgan fingerprint density at radius 2 is 2.33 bits per heavy atom. The lowest BCUT2D eigenvalue weighted by molar-refractivity contribution is 0.117.